The van der Waals surface area contributed by atoms with Crippen LogP contribution in [0.2, 0.25) is 0 Å². The Morgan fingerprint density at radius 3 is 1.30 bits per heavy atom. The number of nitrogens with two attached hydrogens (primary N) is 2. The molecule has 0 radical (unpaired) electrons. The molecular formula is C30H32N2O4S. The van der Waals surface area contributed by atoms with Crippen molar-refractivity contribution >= 4 is 21.2 Å². The molecule has 4 rings (SSSR count). The summed E-state index contributed by atoms with van der Waals surface area (Å²) in [6.07, 6.45) is 0. The van der Waals surface area contributed by atoms with Crippen LogP contribution in [0.5, 0.6) is 11.5 Å². The van der Waals surface area contributed by atoms with Crippen LogP contribution < -0.4 is 20.9 Å². The number of hydrogen-bond acceptors (Lipinski definition) is 6. The van der Waals surface area contributed by atoms with Gasteiger partial charge in [-0.05, 0) is 46.5 Å². The fraction of sp³-hybridized carbons (Fsp3) is 0.200. The normalized spacial score (nSPS) is 13.0. The summed E-state index contributed by atoms with van der Waals surface area (Å²) in [6, 6.07) is 30.1. The van der Waals surface area contributed by atoms with Gasteiger partial charge in [0.2, 0.25) is 0 Å². The fourth-order valence-electron chi connectivity index (χ4n) is 4.66. The number of methoxy groups -OCH3 is 2. The topological polar surface area (TPSA) is 105 Å². The molecule has 0 amide bonds. The molecule has 0 heterocycles. The van der Waals surface area contributed by atoms with Gasteiger partial charge >= 0.3 is 0 Å². The van der Waals surface area contributed by atoms with Gasteiger partial charge in [-0.25, -0.2) is 8.42 Å². The summed E-state index contributed by atoms with van der Waals surface area (Å²) in [6.45, 7) is 0. The molecule has 4 aromatic rings. The van der Waals surface area contributed by atoms with Gasteiger partial charge in [0, 0.05) is 11.8 Å². The van der Waals surface area contributed by atoms with Gasteiger partial charge in [-0.15, -0.1) is 0 Å². The van der Waals surface area contributed by atoms with E-state index in [-0.39, 0.29) is 11.5 Å². The molecule has 2 unspecified atom stereocenters. The Morgan fingerprint density at radius 1 is 0.595 bits per heavy atom. The molecule has 4 aromatic carbocycles. The molecule has 6 nitrogen and oxygen atoms in total. The number of ether oxygens (including phenoxy) is 2. The third-order valence-electron chi connectivity index (χ3n) is 6.56. The zero-order chi connectivity index (χ0) is 26.4. The molecule has 0 spiro atoms. The Kier molecular flexibility index (Phi) is 8.04. The average Bonchev–Trinajstić information content (AvgIpc) is 2.91. The first-order chi connectivity index (χ1) is 17.8. The molecule has 7 heteroatoms. The van der Waals surface area contributed by atoms with Crippen molar-refractivity contribution in [3.05, 3.63) is 119 Å². The van der Waals surface area contributed by atoms with Crippen molar-refractivity contribution in [3.63, 3.8) is 0 Å². The second-order valence-electron chi connectivity index (χ2n) is 9.01. The molecule has 0 fully saturated rings. The van der Waals surface area contributed by atoms with Crippen molar-refractivity contribution in [1.82, 2.24) is 0 Å². The predicted octanol–water partition coefficient (Wildman–Crippen LogP) is 5.25. The van der Waals surface area contributed by atoms with Gasteiger partial charge in [0.15, 0.2) is 9.84 Å². The number of benzene rings is 4. The number of hydrogen-bond donors (Lipinski definition) is 2. The van der Waals surface area contributed by atoms with Crippen molar-refractivity contribution in [2.24, 2.45) is 0 Å². The third-order valence-corrected chi connectivity index (χ3v) is 8.24. The Balaban J connectivity index is 1.71. The van der Waals surface area contributed by atoms with Crippen LogP contribution in [0.3, 0.4) is 0 Å². The summed E-state index contributed by atoms with van der Waals surface area (Å²) in [5.41, 5.74) is 16.7. The minimum atomic E-state index is -3.57. The maximum atomic E-state index is 13.8. The van der Waals surface area contributed by atoms with E-state index in [4.69, 9.17) is 20.9 Å². The average molecular weight is 517 g/mol. The van der Waals surface area contributed by atoms with E-state index >= 15 is 0 Å². The summed E-state index contributed by atoms with van der Waals surface area (Å²) in [5.74, 6) is 0.183. The van der Waals surface area contributed by atoms with Crippen molar-refractivity contribution in [2.45, 2.75) is 11.8 Å². The lowest BCUT2D eigenvalue weighted by atomic mass is 9.92. The van der Waals surface area contributed by atoms with Crippen LogP contribution in [-0.2, 0) is 9.84 Å². The molecule has 4 N–H and O–H groups in total. The van der Waals surface area contributed by atoms with Crippen molar-refractivity contribution in [3.8, 4) is 11.5 Å². The van der Waals surface area contributed by atoms with E-state index in [9.17, 15) is 8.42 Å². The molecule has 0 aliphatic rings. The van der Waals surface area contributed by atoms with Crippen LogP contribution >= 0.6 is 0 Å². The van der Waals surface area contributed by atoms with Crippen LogP contribution in [0.4, 0.5) is 11.4 Å². The zero-order valence-electron chi connectivity index (χ0n) is 21.0. The summed E-state index contributed by atoms with van der Waals surface area (Å²) in [7, 11) is -0.462. The highest BCUT2D eigenvalue weighted by Crippen LogP contribution is 2.35. The lowest BCUT2D eigenvalue weighted by molar-refractivity contribution is 0.416. The Hall–Kier alpha value is -3.97. The van der Waals surface area contributed by atoms with Gasteiger partial charge in [-0.3, -0.25) is 0 Å². The van der Waals surface area contributed by atoms with E-state index in [2.05, 4.69) is 0 Å². The number of rotatable bonds is 10. The van der Waals surface area contributed by atoms with E-state index in [0.717, 1.165) is 22.3 Å². The fourth-order valence-corrected chi connectivity index (χ4v) is 6.58. The van der Waals surface area contributed by atoms with E-state index in [1.165, 1.54) is 0 Å². The molecule has 37 heavy (non-hydrogen) atoms. The lowest BCUT2D eigenvalue weighted by Gasteiger charge is -2.23. The Bertz CT molecular complexity index is 1340. The van der Waals surface area contributed by atoms with Crippen LogP contribution in [0.15, 0.2) is 97.1 Å². The second-order valence-corrected chi connectivity index (χ2v) is 11.2. The maximum Gasteiger partial charge on any atom is 0.152 e. The number of nitrogen functional groups attached to an aromatic ring is 2. The van der Waals surface area contributed by atoms with Crippen LogP contribution in [0.25, 0.3) is 0 Å². The molecule has 0 aromatic heterocycles. The summed E-state index contributed by atoms with van der Waals surface area (Å²) >= 11 is 0. The highest BCUT2D eigenvalue weighted by atomic mass is 32.2. The first-order valence-electron chi connectivity index (χ1n) is 12.0. The quantitative estimate of drug-likeness (QED) is 0.279. The van der Waals surface area contributed by atoms with Crippen LogP contribution in [0, 0.1) is 0 Å². The molecule has 0 aliphatic heterocycles. The largest absolute Gasteiger partial charge is 0.495 e. The molecule has 2 atom stereocenters. The molecule has 0 aliphatic carbocycles. The van der Waals surface area contributed by atoms with E-state index in [1.807, 2.05) is 72.8 Å². The Morgan fingerprint density at radius 2 is 0.973 bits per heavy atom. The highest BCUT2D eigenvalue weighted by molar-refractivity contribution is 7.91. The minimum absolute atomic E-state index is 0.0717. The van der Waals surface area contributed by atoms with Crippen LogP contribution in [0.1, 0.15) is 34.1 Å². The van der Waals surface area contributed by atoms with Gasteiger partial charge in [0.25, 0.3) is 0 Å². The summed E-state index contributed by atoms with van der Waals surface area (Å²) < 4.78 is 38.3. The van der Waals surface area contributed by atoms with Gasteiger partial charge in [0.1, 0.15) is 11.5 Å². The standard InChI is InChI=1S/C30H32N2O4S/c1-35-29-15-13-23(17-27(29)31)25(21-9-5-3-6-10-21)19-37(33,34)20-26(22-11-7-4-8-12-22)24-14-16-30(36-2)28(32)18-24/h3-18,25-26H,19-20,31-32H2,1-2H3. The van der Waals surface area contributed by atoms with Crippen molar-refractivity contribution < 1.29 is 17.9 Å². The molecule has 0 saturated heterocycles. The van der Waals surface area contributed by atoms with E-state index in [0.29, 0.717) is 22.9 Å². The second kappa shape index (κ2) is 11.4. The van der Waals surface area contributed by atoms with Gasteiger partial charge in [-0.2, -0.15) is 0 Å². The molecule has 0 bridgehead atoms. The Labute approximate surface area is 218 Å². The van der Waals surface area contributed by atoms with Crippen LogP contribution in [-0.4, -0.2) is 34.1 Å². The smallest absolute Gasteiger partial charge is 0.152 e. The lowest BCUT2D eigenvalue weighted by Crippen LogP contribution is -2.23. The van der Waals surface area contributed by atoms with Gasteiger partial charge < -0.3 is 20.9 Å². The SMILES string of the molecule is COc1ccc(C(CS(=O)(=O)CC(c2ccccc2)c2ccc(OC)c(N)c2)c2ccccc2)cc1N. The summed E-state index contributed by atoms with van der Waals surface area (Å²) in [4.78, 5) is 0. The molecular weight excluding hydrogens is 484 g/mol. The van der Waals surface area contributed by atoms with Gasteiger partial charge in [0.05, 0.1) is 37.1 Å². The van der Waals surface area contributed by atoms with Gasteiger partial charge in [-0.1, -0.05) is 72.8 Å². The highest BCUT2D eigenvalue weighted by Gasteiger charge is 2.28. The number of sulfone groups is 1. The molecule has 192 valence electrons. The van der Waals surface area contributed by atoms with E-state index in [1.54, 1.807) is 38.5 Å². The predicted molar refractivity (Wildman–Crippen MR) is 150 cm³/mol. The first kappa shape index (κ1) is 26.1. The molecule has 0 saturated carbocycles. The third kappa shape index (κ3) is 6.24. The number of anilines is 2. The monoisotopic (exact) mass is 516 g/mol. The minimum Gasteiger partial charge on any atom is -0.495 e. The van der Waals surface area contributed by atoms with Crippen molar-refractivity contribution in [1.29, 1.82) is 0 Å². The first-order valence-corrected chi connectivity index (χ1v) is 13.8. The van der Waals surface area contributed by atoms with E-state index < -0.39 is 21.7 Å². The maximum absolute atomic E-state index is 13.8. The zero-order valence-corrected chi connectivity index (χ0v) is 21.8. The summed E-state index contributed by atoms with van der Waals surface area (Å²) in [5, 5.41) is 0. The van der Waals surface area contributed by atoms with Crippen molar-refractivity contribution in [2.75, 3.05) is 37.2 Å².